The summed E-state index contributed by atoms with van der Waals surface area (Å²) in [7, 11) is 1.99. The lowest BCUT2D eigenvalue weighted by Gasteiger charge is -2.48. The SMILES string of the molecule is Cc1ccc(C(C)(C)C)cc1Nc1nc(N2CCN(c3ccccc3)C(C)(C)C2)nc2ncn(C)c12. The third kappa shape index (κ3) is 4.50. The van der Waals surface area contributed by atoms with Crippen LogP contribution >= 0.6 is 0 Å². The molecule has 2 aromatic heterocycles. The van der Waals surface area contributed by atoms with Crippen LogP contribution in [-0.4, -0.2) is 44.7 Å². The fourth-order valence-corrected chi connectivity index (χ4v) is 5.04. The van der Waals surface area contributed by atoms with Crippen molar-refractivity contribution in [3.05, 3.63) is 66.0 Å². The summed E-state index contributed by atoms with van der Waals surface area (Å²) < 4.78 is 1.99. The van der Waals surface area contributed by atoms with Crippen molar-refractivity contribution in [3.63, 3.8) is 0 Å². The number of anilines is 4. The average molecular weight is 484 g/mol. The highest BCUT2D eigenvalue weighted by Gasteiger charge is 2.35. The molecular weight excluding hydrogens is 446 g/mol. The highest BCUT2D eigenvalue weighted by molar-refractivity contribution is 5.87. The van der Waals surface area contributed by atoms with Crippen molar-refractivity contribution in [2.45, 2.75) is 52.5 Å². The third-order valence-corrected chi connectivity index (χ3v) is 7.17. The minimum absolute atomic E-state index is 0.0623. The van der Waals surface area contributed by atoms with Crippen molar-refractivity contribution in [2.24, 2.45) is 7.05 Å². The number of benzene rings is 2. The number of aryl methyl sites for hydroxylation is 2. The van der Waals surface area contributed by atoms with Gasteiger partial charge in [0, 0.05) is 38.1 Å². The molecule has 3 heterocycles. The summed E-state index contributed by atoms with van der Waals surface area (Å²) in [4.78, 5) is 19.3. The van der Waals surface area contributed by atoms with Gasteiger partial charge < -0.3 is 19.7 Å². The van der Waals surface area contributed by atoms with E-state index in [1.165, 1.54) is 16.8 Å². The normalized spacial score (nSPS) is 16.0. The second kappa shape index (κ2) is 8.80. The van der Waals surface area contributed by atoms with Gasteiger partial charge in [0.2, 0.25) is 5.95 Å². The molecule has 4 aromatic rings. The van der Waals surface area contributed by atoms with E-state index in [2.05, 4.69) is 110 Å². The van der Waals surface area contributed by atoms with Gasteiger partial charge in [0.05, 0.1) is 11.9 Å². The molecule has 1 aliphatic rings. The summed E-state index contributed by atoms with van der Waals surface area (Å²) in [5, 5.41) is 3.64. The van der Waals surface area contributed by atoms with Gasteiger partial charge in [-0.15, -0.1) is 0 Å². The zero-order valence-electron chi connectivity index (χ0n) is 22.5. The van der Waals surface area contributed by atoms with Gasteiger partial charge in [-0.1, -0.05) is 51.1 Å². The number of hydrogen-bond donors (Lipinski definition) is 1. The fourth-order valence-electron chi connectivity index (χ4n) is 5.04. The molecule has 1 N–H and O–H groups in total. The Morgan fingerprint density at radius 2 is 1.72 bits per heavy atom. The topological polar surface area (TPSA) is 62.1 Å². The maximum atomic E-state index is 5.07. The van der Waals surface area contributed by atoms with Crippen LogP contribution in [0.1, 0.15) is 45.7 Å². The molecule has 0 saturated carbocycles. The number of fused-ring (bicyclic) bond motifs is 1. The highest BCUT2D eigenvalue weighted by atomic mass is 15.4. The number of piperazine rings is 1. The monoisotopic (exact) mass is 483 g/mol. The van der Waals surface area contributed by atoms with Gasteiger partial charge in [-0.05, 0) is 55.5 Å². The van der Waals surface area contributed by atoms with E-state index in [1.54, 1.807) is 0 Å². The summed E-state index contributed by atoms with van der Waals surface area (Å²) in [6.07, 6.45) is 1.81. The molecule has 5 rings (SSSR count). The lowest BCUT2D eigenvalue weighted by atomic mass is 9.86. The lowest BCUT2D eigenvalue weighted by molar-refractivity contribution is 0.412. The molecule has 0 amide bonds. The predicted molar refractivity (Wildman–Crippen MR) is 150 cm³/mol. The maximum absolute atomic E-state index is 5.07. The number of imidazole rings is 1. The minimum Gasteiger partial charge on any atom is -0.363 e. The predicted octanol–water partition coefficient (Wildman–Crippen LogP) is 5.82. The minimum atomic E-state index is -0.0761. The van der Waals surface area contributed by atoms with Gasteiger partial charge in [0.15, 0.2) is 11.5 Å². The number of rotatable bonds is 4. The van der Waals surface area contributed by atoms with Gasteiger partial charge >= 0.3 is 0 Å². The van der Waals surface area contributed by atoms with E-state index in [9.17, 15) is 0 Å². The van der Waals surface area contributed by atoms with Crippen molar-refractivity contribution < 1.29 is 0 Å². The summed E-state index contributed by atoms with van der Waals surface area (Å²) in [5.41, 5.74) is 6.36. The Hall–Kier alpha value is -3.61. The number of aromatic nitrogens is 4. The zero-order valence-corrected chi connectivity index (χ0v) is 22.5. The smallest absolute Gasteiger partial charge is 0.229 e. The third-order valence-electron chi connectivity index (χ3n) is 7.17. The number of hydrogen-bond acceptors (Lipinski definition) is 6. The first-order valence-electron chi connectivity index (χ1n) is 12.7. The van der Waals surface area contributed by atoms with Crippen LogP contribution in [0.3, 0.4) is 0 Å². The molecule has 0 atom stereocenters. The maximum Gasteiger partial charge on any atom is 0.229 e. The van der Waals surface area contributed by atoms with Crippen molar-refractivity contribution in [1.82, 2.24) is 19.5 Å². The van der Waals surface area contributed by atoms with Crippen LogP contribution in [0.25, 0.3) is 11.2 Å². The first-order chi connectivity index (χ1) is 17.0. The van der Waals surface area contributed by atoms with Crippen LogP contribution in [0.15, 0.2) is 54.9 Å². The van der Waals surface area contributed by atoms with Crippen LogP contribution in [-0.2, 0) is 12.5 Å². The Balaban J connectivity index is 1.50. The Kier molecular flexibility index (Phi) is 5.89. The fraction of sp³-hybridized carbons (Fsp3) is 0.414. The Labute approximate surface area is 214 Å². The molecule has 2 aromatic carbocycles. The van der Waals surface area contributed by atoms with Crippen LogP contribution in [0.5, 0.6) is 0 Å². The van der Waals surface area contributed by atoms with Crippen LogP contribution in [0, 0.1) is 6.92 Å². The Bertz CT molecular complexity index is 1380. The molecule has 1 fully saturated rings. The molecule has 7 heteroatoms. The van der Waals surface area contributed by atoms with E-state index in [1.807, 2.05) is 17.9 Å². The molecule has 1 saturated heterocycles. The zero-order chi connectivity index (χ0) is 25.7. The van der Waals surface area contributed by atoms with Crippen molar-refractivity contribution in [3.8, 4) is 0 Å². The summed E-state index contributed by atoms with van der Waals surface area (Å²) in [6.45, 7) is 16.0. The van der Waals surface area contributed by atoms with E-state index in [0.29, 0.717) is 11.6 Å². The van der Waals surface area contributed by atoms with Gasteiger partial charge in [-0.25, -0.2) is 4.98 Å². The molecular formula is C29H37N7. The van der Waals surface area contributed by atoms with Crippen LogP contribution in [0.4, 0.5) is 23.1 Å². The summed E-state index contributed by atoms with van der Waals surface area (Å²) >= 11 is 0. The van der Waals surface area contributed by atoms with E-state index >= 15 is 0 Å². The molecule has 188 valence electrons. The molecule has 0 unspecified atom stereocenters. The second-order valence-corrected chi connectivity index (χ2v) is 11.5. The largest absolute Gasteiger partial charge is 0.363 e. The molecule has 0 spiro atoms. The van der Waals surface area contributed by atoms with Crippen molar-refractivity contribution in [1.29, 1.82) is 0 Å². The van der Waals surface area contributed by atoms with Crippen LogP contribution < -0.4 is 15.1 Å². The molecule has 0 aliphatic carbocycles. The molecule has 1 aliphatic heterocycles. The highest BCUT2D eigenvalue weighted by Crippen LogP contribution is 2.33. The van der Waals surface area contributed by atoms with Gasteiger partial charge in [-0.2, -0.15) is 9.97 Å². The van der Waals surface area contributed by atoms with Crippen molar-refractivity contribution >= 4 is 34.3 Å². The number of nitrogens with one attached hydrogen (secondary N) is 1. The molecule has 0 bridgehead atoms. The standard InChI is InChI=1S/C29H37N7/c1-20-13-14-21(28(2,3)4)17-23(20)31-26-24-25(30-19-34(24)7)32-27(33-26)35-15-16-36(29(5,6)18-35)22-11-9-8-10-12-22/h8-14,17,19H,15-16,18H2,1-7H3,(H,31,32,33). The molecule has 36 heavy (non-hydrogen) atoms. The first kappa shape index (κ1) is 24.1. The molecule has 7 nitrogen and oxygen atoms in total. The quantitative estimate of drug-likeness (QED) is 0.395. The van der Waals surface area contributed by atoms with Crippen molar-refractivity contribution in [2.75, 3.05) is 34.8 Å². The van der Waals surface area contributed by atoms with Gasteiger partial charge in [-0.3, -0.25) is 0 Å². The van der Waals surface area contributed by atoms with E-state index < -0.39 is 0 Å². The van der Waals surface area contributed by atoms with Gasteiger partial charge in [0.25, 0.3) is 0 Å². The summed E-state index contributed by atoms with van der Waals surface area (Å²) in [6, 6.07) is 17.3. The van der Waals surface area contributed by atoms with E-state index in [0.717, 1.165) is 36.7 Å². The second-order valence-electron chi connectivity index (χ2n) is 11.5. The first-order valence-corrected chi connectivity index (χ1v) is 12.7. The number of para-hydroxylation sites is 1. The Morgan fingerprint density at radius 3 is 2.42 bits per heavy atom. The van der Waals surface area contributed by atoms with Crippen LogP contribution in [0.2, 0.25) is 0 Å². The molecule has 0 radical (unpaired) electrons. The summed E-state index contributed by atoms with van der Waals surface area (Å²) in [5.74, 6) is 1.50. The van der Waals surface area contributed by atoms with E-state index in [4.69, 9.17) is 9.97 Å². The van der Waals surface area contributed by atoms with Gasteiger partial charge in [0.1, 0.15) is 5.52 Å². The Morgan fingerprint density at radius 1 is 0.972 bits per heavy atom. The lowest BCUT2D eigenvalue weighted by Crippen LogP contribution is -2.60. The number of nitrogens with zero attached hydrogens (tertiary/aromatic N) is 6. The average Bonchev–Trinajstić information content (AvgIpc) is 3.20. The van der Waals surface area contributed by atoms with E-state index in [-0.39, 0.29) is 11.0 Å².